The monoisotopic (exact) mass is 260 g/mol. The Morgan fingerprint density at radius 3 is 2.42 bits per heavy atom. The second-order valence-electron chi connectivity index (χ2n) is 3.59. The average Bonchev–Trinajstić information content (AvgIpc) is 2.38. The van der Waals surface area contributed by atoms with Crippen LogP contribution in [0, 0.1) is 0 Å². The van der Waals surface area contributed by atoms with Gasteiger partial charge in [0.1, 0.15) is 5.75 Å². The van der Waals surface area contributed by atoms with Gasteiger partial charge < -0.3 is 16.2 Å². The summed E-state index contributed by atoms with van der Waals surface area (Å²) in [5.41, 5.74) is 5.85. The zero-order valence-electron chi connectivity index (χ0n) is 10.1. The van der Waals surface area contributed by atoms with E-state index >= 15 is 0 Å². The number of nitrogen functional groups attached to an aromatic ring is 1. The molecule has 0 saturated carbocycles. The van der Waals surface area contributed by atoms with Crippen molar-refractivity contribution in [3.63, 3.8) is 0 Å². The molecule has 0 atom stereocenters. The molecule has 8 nitrogen and oxygen atoms in total. The van der Waals surface area contributed by atoms with Crippen molar-refractivity contribution in [2.75, 3.05) is 23.4 Å². The summed E-state index contributed by atoms with van der Waals surface area (Å²) in [7, 11) is 1.63. The predicted octanol–water partition coefficient (Wildman–Crippen LogP) is 0.453. The van der Waals surface area contributed by atoms with Crippen LogP contribution in [0.1, 0.15) is 10.4 Å². The van der Waals surface area contributed by atoms with E-state index in [1.165, 1.54) is 24.3 Å². The molecule has 19 heavy (non-hydrogen) atoms. The highest BCUT2D eigenvalue weighted by Gasteiger charge is 2.09. The molecular weight excluding hydrogens is 248 g/mol. The molecule has 2 aromatic rings. The number of carbonyl (C=O) groups excluding carboxylic acids is 1. The van der Waals surface area contributed by atoms with Crippen LogP contribution in [-0.2, 0) is 0 Å². The second kappa shape index (κ2) is 5.17. The number of phenols is 1. The Morgan fingerprint density at radius 1 is 1.16 bits per heavy atom. The van der Waals surface area contributed by atoms with Crippen molar-refractivity contribution in [2.24, 2.45) is 0 Å². The molecule has 5 N–H and O–H groups in total. The van der Waals surface area contributed by atoms with E-state index in [-0.39, 0.29) is 23.6 Å². The minimum absolute atomic E-state index is 0.000330. The molecule has 0 unspecified atom stereocenters. The van der Waals surface area contributed by atoms with Gasteiger partial charge in [-0.25, -0.2) is 0 Å². The lowest BCUT2D eigenvalue weighted by molar-refractivity contribution is 0.102. The molecule has 1 heterocycles. The molecular formula is C11H12N6O2. The smallest absolute Gasteiger partial charge is 0.258 e. The summed E-state index contributed by atoms with van der Waals surface area (Å²) in [5, 5.41) is 14.3. The van der Waals surface area contributed by atoms with Crippen LogP contribution in [0.3, 0.4) is 0 Å². The summed E-state index contributed by atoms with van der Waals surface area (Å²) in [6.07, 6.45) is 0. The average molecular weight is 260 g/mol. The lowest BCUT2D eigenvalue weighted by Gasteiger charge is -2.06. The van der Waals surface area contributed by atoms with E-state index in [0.29, 0.717) is 5.56 Å². The van der Waals surface area contributed by atoms with Crippen molar-refractivity contribution < 1.29 is 9.90 Å². The Morgan fingerprint density at radius 2 is 1.79 bits per heavy atom. The number of rotatable bonds is 3. The summed E-state index contributed by atoms with van der Waals surface area (Å²) in [4.78, 5) is 23.4. The van der Waals surface area contributed by atoms with Gasteiger partial charge in [-0.2, -0.15) is 15.0 Å². The molecule has 0 fully saturated rings. The molecule has 0 bridgehead atoms. The van der Waals surface area contributed by atoms with Crippen LogP contribution in [0.25, 0.3) is 0 Å². The van der Waals surface area contributed by atoms with Crippen LogP contribution in [0.15, 0.2) is 24.3 Å². The van der Waals surface area contributed by atoms with E-state index < -0.39 is 5.91 Å². The zero-order chi connectivity index (χ0) is 13.8. The van der Waals surface area contributed by atoms with Crippen LogP contribution >= 0.6 is 0 Å². The number of nitrogens with zero attached hydrogens (tertiary/aromatic N) is 3. The third-order valence-electron chi connectivity index (χ3n) is 2.23. The fourth-order valence-corrected chi connectivity index (χ4v) is 1.35. The number of benzene rings is 1. The fraction of sp³-hybridized carbons (Fsp3) is 0.0909. The first-order valence-electron chi connectivity index (χ1n) is 5.38. The number of anilines is 3. The van der Waals surface area contributed by atoms with Gasteiger partial charge in [-0.1, -0.05) is 0 Å². The lowest BCUT2D eigenvalue weighted by Crippen LogP contribution is -2.16. The first-order chi connectivity index (χ1) is 9.08. The van der Waals surface area contributed by atoms with E-state index in [0.717, 1.165) is 0 Å². The van der Waals surface area contributed by atoms with Gasteiger partial charge in [-0.3, -0.25) is 10.1 Å². The number of aromatic nitrogens is 3. The molecule has 0 aliphatic heterocycles. The predicted molar refractivity (Wildman–Crippen MR) is 69.8 cm³/mol. The molecule has 1 aromatic carbocycles. The quantitative estimate of drug-likeness (QED) is 0.631. The zero-order valence-corrected chi connectivity index (χ0v) is 10.1. The number of carbonyl (C=O) groups is 1. The number of amides is 1. The van der Waals surface area contributed by atoms with Gasteiger partial charge in [0.2, 0.25) is 17.8 Å². The normalized spacial score (nSPS) is 9.95. The van der Waals surface area contributed by atoms with Crippen LogP contribution in [-0.4, -0.2) is 33.0 Å². The Labute approximate surface area is 108 Å². The number of hydrogen-bond donors (Lipinski definition) is 4. The minimum Gasteiger partial charge on any atom is -0.508 e. The molecule has 2 rings (SSSR count). The van der Waals surface area contributed by atoms with Gasteiger partial charge in [0, 0.05) is 12.6 Å². The fourth-order valence-electron chi connectivity index (χ4n) is 1.35. The SMILES string of the molecule is CNc1nc(N)nc(NC(=O)c2ccc(O)cc2)n1. The highest BCUT2D eigenvalue weighted by molar-refractivity contribution is 6.03. The van der Waals surface area contributed by atoms with Crippen LogP contribution < -0.4 is 16.4 Å². The van der Waals surface area contributed by atoms with E-state index in [9.17, 15) is 4.79 Å². The van der Waals surface area contributed by atoms with E-state index in [1.807, 2.05) is 0 Å². The summed E-state index contributed by atoms with van der Waals surface area (Å²) < 4.78 is 0. The molecule has 0 spiro atoms. The Kier molecular flexibility index (Phi) is 3.42. The highest BCUT2D eigenvalue weighted by Crippen LogP contribution is 2.12. The number of aromatic hydroxyl groups is 1. The van der Waals surface area contributed by atoms with Gasteiger partial charge in [-0.05, 0) is 24.3 Å². The van der Waals surface area contributed by atoms with Crippen molar-refractivity contribution in [3.05, 3.63) is 29.8 Å². The summed E-state index contributed by atoms with van der Waals surface area (Å²) in [5.74, 6) is -0.0186. The third kappa shape index (κ3) is 3.06. The Balaban J connectivity index is 2.18. The maximum atomic E-state index is 11.9. The van der Waals surface area contributed by atoms with Crippen molar-refractivity contribution in [1.29, 1.82) is 0 Å². The second-order valence-corrected chi connectivity index (χ2v) is 3.59. The standard InChI is InChI=1S/C11H12N6O2/c1-13-10-15-9(12)16-11(17-10)14-8(19)6-2-4-7(18)5-3-6/h2-5,18H,1H3,(H4,12,13,14,15,16,17,19). The molecule has 1 amide bonds. The van der Waals surface area contributed by atoms with Gasteiger partial charge in [-0.15, -0.1) is 0 Å². The van der Waals surface area contributed by atoms with Crippen LogP contribution in [0.4, 0.5) is 17.8 Å². The molecule has 98 valence electrons. The van der Waals surface area contributed by atoms with E-state index in [2.05, 4.69) is 25.6 Å². The highest BCUT2D eigenvalue weighted by atomic mass is 16.3. The molecule has 8 heteroatoms. The van der Waals surface area contributed by atoms with Crippen molar-refractivity contribution in [2.45, 2.75) is 0 Å². The Bertz CT molecular complexity index is 599. The molecule has 0 aliphatic carbocycles. The number of phenolic OH excluding ortho intramolecular Hbond substituents is 1. The number of nitrogens with two attached hydrogens (primary N) is 1. The van der Waals surface area contributed by atoms with Crippen molar-refractivity contribution in [1.82, 2.24) is 15.0 Å². The van der Waals surface area contributed by atoms with Crippen molar-refractivity contribution in [3.8, 4) is 5.75 Å². The summed E-state index contributed by atoms with van der Waals surface area (Å²) in [6, 6.07) is 5.79. The summed E-state index contributed by atoms with van der Waals surface area (Å²) in [6.45, 7) is 0. The first kappa shape index (κ1) is 12.6. The molecule has 0 aliphatic rings. The van der Waals surface area contributed by atoms with Crippen LogP contribution in [0.2, 0.25) is 0 Å². The van der Waals surface area contributed by atoms with E-state index in [4.69, 9.17) is 10.8 Å². The number of hydrogen-bond acceptors (Lipinski definition) is 7. The van der Waals surface area contributed by atoms with Gasteiger partial charge in [0.05, 0.1) is 0 Å². The summed E-state index contributed by atoms with van der Waals surface area (Å²) >= 11 is 0. The van der Waals surface area contributed by atoms with Gasteiger partial charge in [0.15, 0.2) is 0 Å². The van der Waals surface area contributed by atoms with Crippen LogP contribution in [0.5, 0.6) is 5.75 Å². The van der Waals surface area contributed by atoms with Crippen molar-refractivity contribution >= 4 is 23.8 Å². The van der Waals surface area contributed by atoms with E-state index in [1.54, 1.807) is 7.05 Å². The molecule has 0 radical (unpaired) electrons. The topological polar surface area (TPSA) is 126 Å². The van der Waals surface area contributed by atoms with Gasteiger partial charge >= 0.3 is 0 Å². The maximum Gasteiger partial charge on any atom is 0.258 e. The maximum absolute atomic E-state index is 11.9. The minimum atomic E-state index is -0.410. The molecule has 0 saturated heterocycles. The molecule has 1 aromatic heterocycles. The first-order valence-corrected chi connectivity index (χ1v) is 5.38. The largest absolute Gasteiger partial charge is 0.508 e. The number of nitrogens with one attached hydrogen (secondary N) is 2. The third-order valence-corrected chi connectivity index (χ3v) is 2.23. The Hall–Kier alpha value is -2.90. The lowest BCUT2D eigenvalue weighted by atomic mass is 10.2. The van der Waals surface area contributed by atoms with Gasteiger partial charge in [0.25, 0.3) is 5.91 Å².